The van der Waals surface area contributed by atoms with Gasteiger partial charge in [0.05, 0.1) is 20.9 Å². The van der Waals surface area contributed by atoms with Gasteiger partial charge in [0.25, 0.3) is 5.78 Å². The number of hydrogen-bond acceptors (Lipinski definition) is 7. The lowest BCUT2D eigenvalue weighted by Crippen LogP contribution is -2.35. The number of nitrogens with zero attached hydrogens (tertiary/aromatic N) is 5. The fraction of sp³-hybridized carbons (Fsp3) is 0.368. The Morgan fingerprint density at radius 2 is 2.03 bits per heavy atom. The van der Waals surface area contributed by atoms with Gasteiger partial charge in [0.2, 0.25) is 21.1 Å². The number of nitrogens with one attached hydrogen (secondary N) is 1. The van der Waals surface area contributed by atoms with Crippen LogP contribution in [0.3, 0.4) is 0 Å². The summed E-state index contributed by atoms with van der Waals surface area (Å²) in [6, 6.07) is 6.10. The summed E-state index contributed by atoms with van der Waals surface area (Å²) in [6.45, 7) is 2.71. The Bertz CT molecular complexity index is 1180. The first kappa shape index (κ1) is 22.0. The molecule has 0 aliphatic carbocycles. The molecular formula is C19H21ClN6O3S2. The van der Waals surface area contributed by atoms with Gasteiger partial charge in [0.1, 0.15) is 0 Å². The summed E-state index contributed by atoms with van der Waals surface area (Å²) in [5.74, 6) is 0.0995. The Morgan fingerprint density at radius 3 is 2.77 bits per heavy atom. The second-order valence-electron chi connectivity index (χ2n) is 7.11. The van der Waals surface area contributed by atoms with Crippen LogP contribution in [0, 0.1) is 0 Å². The highest BCUT2D eigenvalue weighted by Crippen LogP contribution is 2.29. The number of halogens is 1. The highest BCUT2D eigenvalue weighted by Gasteiger charge is 2.27. The Balaban J connectivity index is 1.48. The van der Waals surface area contributed by atoms with Crippen molar-refractivity contribution in [2.45, 2.75) is 41.5 Å². The molecule has 1 aliphatic rings. The minimum Gasteiger partial charge on any atom is -0.324 e. The number of thioether (sulfide) groups is 1. The van der Waals surface area contributed by atoms with E-state index in [1.54, 1.807) is 25.4 Å². The number of carbonyl (C=O) groups excluding carboxylic acids is 1. The zero-order chi connectivity index (χ0) is 22.0. The largest absolute Gasteiger partial charge is 0.324 e. The van der Waals surface area contributed by atoms with E-state index in [0.717, 1.165) is 19.3 Å². The van der Waals surface area contributed by atoms with E-state index in [-0.39, 0.29) is 21.5 Å². The second-order valence-corrected chi connectivity index (χ2v) is 10.8. The summed E-state index contributed by atoms with van der Waals surface area (Å²) >= 11 is 7.40. The summed E-state index contributed by atoms with van der Waals surface area (Å²) in [5.41, 5.74) is 0.252. The van der Waals surface area contributed by atoms with E-state index in [1.165, 1.54) is 38.8 Å². The normalized spacial score (nSPS) is 16.3. The molecule has 0 spiro atoms. The molecule has 12 heteroatoms. The second kappa shape index (κ2) is 9.11. The lowest BCUT2D eigenvalue weighted by molar-refractivity contribution is -0.115. The molecule has 0 radical (unpaired) electrons. The molecule has 2 aromatic heterocycles. The molecule has 0 bridgehead atoms. The van der Waals surface area contributed by atoms with E-state index < -0.39 is 15.3 Å². The van der Waals surface area contributed by atoms with Crippen molar-refractivity contribution < 1.29 is 13.2 Å². The van der Waals surface area contributed by atoms with Gasteiger partial charge in [-0.2, -0.15) is 9.29 Å². The van der Waals surface area contributed by atoms with Crippen LogP contribution in [-0.2, 0) is 14.8 Å². The zero-order valence-electron chi connectivity index (χ0n) is 16.7. The van der Waals surface area contributed by atoms with Crippen LogP contribution in [-0.4, -0.2) is 56.6 Å². The maximum Gasteiger partial charge on any atom is 0.253 e. The molecule has 1 saturated heterocycles. The lowest BCUT2D eigenvalue weighted by atomic mass is 10.2. The standard InChI is InChI=1S/C19H21ClN6O3S2/c1-13(30-19-23-18-21-8-5-11-26(18)24-19)17(27)22-16-12-14(6-7-15(16)20)31(28,29)25-9-3-2-4-10-25/h5-8,11-13H,2-4,9-10H2,1H3,(H,22,27). The third kappa shape index (κ3) is 4.84. The SMILES string of the molecule is CC(Sc1nc2ncccn2n1)C(=O)Nc1cc(S(=O)(=O)N2CCCCC2)ccc1Cl. The summed E-state index contributed by atoms with van der Waals surface area (Å²) in [6.07, 6.45) is 6.05. The lowest BCUT2D eigenvalue weighted by Gasteiger charge is -2.26. The summed E-state index contributed by atoms with van der Waals surface area (Å²) in [5, 5.41) is 7.13. The molecule has 1 fully saturated rings. The van der Waals surface area contributed by atoms with Crippen molar-refractivity contribution in [2.75, 3.05) is 18.4 Å². The number of hydrogen-bond donors (Lipinski definition) is 1. The molecule has 1 aromatic carbocycles. The topological polar surface area (TPSA) is 110 Å². The number of aromatic nitrogens is 4. The summed E-state index contributed by atoms with van der Waals surface area (Å²) in [7, 11) is -3.63. The number of carbonyl (C=O) groups is 1. The van der Waals surface area contributed by atoms with E-state index in [4.69, 9.17) is 11.6 Å². The molecular weight excluding hydrogens is 460 g/mol. The van der Waals surface area contributed by atoms with Crippen LogP contribution < -0.4 is 5.32 Å². The predicted octanol–water partition coefficient (Wildman–Crippen LogP) is 3.07. The van der Waals surface area contributed by atoms with Gasteiger partial charge in [-0.05, 0) is 44.0 Å². The Kier molecular flexibility index (Phi) is 6.47. The van der Waals surface area contributed by atoms with Gasteiger partial charge >= 0.3 is 0 Å². The van der Waals surface area contributed by atoms with Crippen LogP contribution in [0.5, 0.6) is 0 Å². The highest BCUT2D eigenvalue weighted by molar-refractivity contribution is 8.00. The first-order chi connectivity index (χ1) is 14.8. The highest BCUT2D eigenvalue weighted by atomic mass is 35.5. The number of amides is 1. The van der Waals surface area contributed by atoms with Crippen molar-refractivity contribution in [1.29, 1.82) is 0 Å². The number of piperidine rings is 1. The maximum absolute atomic E-state index is 12.9. The average molecular weight is 481 g/mol. The Morgan fingerprint density at radius 1 is 1.26 bits per heavy atom. The molecule has 1 aliphatic heterocycles. The first-order valence-corrected chi connectivity index (χ1v) is 12.5. The van der Waals surface area contributed by atoms with Crippen molar-refractivity contribution in [2.24, 2.45) is 0 Å². The van der Waals surface area contributed by atoms with E-state index >= 15 is 0 Å². The summed E-state index contributed by atoms with van der Waals surface area (Å²) < 4.78 is 28.9. The van der Waals surface area contributed by atoms with Crippen LogP contribution in [0.1, 0.15) is 26.2 Å². The minimum atomic E-state index is -3.63. The molecule has 0 saturated carbocycles. The van der Waals surface area contributed by atoms with Crippen LogP contribution in [0.2, 0.25) is 5.02 Å². The Hall–Kier alpha value is -2.21. The quantitative estimate of drug-likeness (QED) is 0.540. The molecule has 1 atom stereocenters. The van der Waals surface area contributed by atoms with Gasteiger partial charge in [-0.25, -0.2) is 17.9 Å². The van der Waals surface area contributed by atoms with Gasteiger partial charge < -0.3 is 5.32 Å². The number of sulfonamides is 1. The van der Waals surface area contributed by atoms with Crippen molar-refractivity contribution in [3.05, 3.63) is 41.7 Å². The zero-order valence-corrected chi connectivity index (χ0v) is 19.1. The van der Waals surface area contributed by atoms with Crippen molar-refractivity contribution >= 4 is 50.8 Å². The number of anilines is 1. The van der Waals surface area contributed by atoms with Gasteiger partial charge in [-0.3, -0.25) is 4.79 Å². The third-order valence-electron chi connectivity index (χ3n) is 4.90. The fourth-order valence-electron chi connectivity index (χ4n) is 3.22. The maximum atomic E-state index is 12.9. The monoisotopic (exact) mass is 480 g/mol. The van der Waals surface area contributed by atoms with Crippen molar-refractivity contribution in [3.8, 4) is 0 Å². The van der Waals surface area contributed by atoms with Crippen LogP contribution in [0.15, 0.2) is 46.7 Å². The number of rotatable bonds is 6. The molecule has 9 nitrogen and oxygen atoms in total. The molecule has 4 rings (SSSR count). The minimum absolute atomic E-state index is 0.113. The van der Waals surface area contributed by atoms with Gasteiger partial charge in [-0.15, -0.1) is 5.10 Å². The molecule has 1 unspecified atom stereocenters. The van der Waals surface area contributed by atoms with Crippen molar-refractivity contribution in [3.63, 3.8) is 0 Å². The van der Waals surface area contributed by atoms with Gasteiger partial charge in [0, 0.05) is 25.5 Å². The van der Waals surface area contributed by atoms with Crippen LogP contribution in [0.4, 0.5) is 5.69 Å². The van der Waals surface area contributed by atoms with Gasteiger partial charge in [0.15, 0.2) is 0 Å². The van der Waals surface area contributed by atoms with E-state index in [1.807, 2.05) is 0 Å². The van der Waals surface area contributed by atoms with Crippen molar-refractivity contribution in [1.82, 2.24) is 23.9 Å². The molecule has 3 aromatic rings. The average Bonchev–Trinajstić information content (AvgIpc) is 3.18. The summed E-state index contributed by atoms with van der Waals surface area (Å²) in [4.78, 5) is 21.2. The van der Waals surface area contributed by atoms with E-state index in [0.29, 0.717) is 24.0 Å². The molecule has 1 N–H and O–H groups in total. The Labute approximate surface area is 189 Å². The third-order valence-corrected chi connectivity index (χ3v) is 8.07. The molecule has 1 amide bonds. The van der Waals surface area contributed by atoms with Crippen LogP contribution >= 0.6 is 23.4 Å². The number of fused-ring (bicyclic) bond motifs is 1. The molecule has 164 valence electrons. The molecule has 3 heterocycles. The first-order valence-electron chi connectivity index (χ1n) is 9.79. The van der Waals surface area contributed by atoms with E-state index in [9.17, 15) is 13.2 Å². The number of benzene rings is 1. The smallest absolute Gasteiger partial charge is 0.253 e. The van der Waals surface area contributed by atoms with Gasteiger partial charge in [-0.1, -0.05) is 29.8 Å². The predicted molar refractivity (Wildman–Crippen MR) is 119 cm³/mol. The van der Waals surface area contributed by atoms with Crippen LogP contribution in [0.25, 0.3) is 5.78 Å². The molecule has 31 heavy (non-hydrogen) atoms. The van der Waals surface area contributed by atoms with E-state index in [2.05, 4.69) is 20.4 Å². The fourth-order valence-corrected chi connectivity index (χ4v) is 5.68.